The SMILES string of the molecule is CCOC(=O)C(Cc1ccon1)N=C(c1ccccc1)c1ccccc1. The van der Waals surface area contributed by atoms with E-state index in [1.165, 1.54) is 6.26 Å². The minimum Gasteiger partial charge on any atom is -0.464 e. The second kappa shape index (κ2) is 8.76. The van der Waals surface area contributed by atoms with Crippen LogP contribution in [0.25, 0.3) is 0 Å². The zero-order chi connectivity index (χ0) is 18.2. The zero-order valence-electron chi connectivity index (χ0n) is 14.5. The minimum atomic E-state index is -0.699. The highest BCUT2D eigenvalue weighted by atomic mass is 16.5. The molecule has 1 atom stereocenters. The molecule has 1 unspecified atom stereocenters. The van der Waals surface area contributed by atoms with Gasteiger partial charge in [-0.05, 0) is 6.92 Å². The van der Waals surface area contributed by atoms with Crippen LogP contribution in [-0.4, -0.2) is 29.5 Å². The van der Waals surface area contributed by atoms with Gasteiger partial charge in [0.2, 0.25) is 0 Å². The molecule has 0 amide bonds. The van der Waals surface area contributed by atoms with E-state index in [2.05, 4.69) is 5.16 Å². The summed E-state index contributed by atoms with van der Waals surface area (Å²) in [4.78, 5) is 17.3. The van der Waals surface area contributed by atoms with E-state index in [1.807, 2.05) is 60.7 Å². The molecule has 5 nitrogen and oxygen atoms in total. The van der Waals surface area contributed by atoms with Gasteiger partial charge in [0.05, 0.1) is 18.0 Å². The fraction of sp³-hybridized carbons (Fsp3) is 0.190. The van der Waals surface area contributed by atoms with Gasteiger partial charge in [0.25, 0.3) is 0 Å². The summed E-state index contributed by atoms with van der Waals surface area (Å²) in [6.45, 7) is 2.08. The molecule has 0 radical (unpaired) electrons. The van der Waals surface area contributed by atoms with Crippen LogP contribution in [0.3, 0.4) is 0 Å². The van der Waals surface area contributed by atoms with Gasteiger partial charge in [-0.3, -0.25) is 4.99 Å². The lowest BCUT2D eigenvalue weighted by Gasteiger charge is -2.14. The van der Waals surface area contributed by atoms with Gasteiger partial charge in [-0.2, -0.15) is 0 Å². The summed E-state index contributed by atoms with van der Waals surface area (Å²) in [5.74, 6) is -0.375. The van der Waals surface area contributed by atoms with E-state index in [-0.39, 0.29) is 5.97 Å². The van der Waals surface area contributed by atoms with Crippen molar-refractivity contribution in [1.29, 1.82) is 0 Å². The molecule has 0 saturated carbocycles. The lowest BCUT2D eigenvalue weighted by Crippen LogP contribution is -2.26. The highest BCUT2D eigenvalue weighted by Gasteiger charge is 2.22. The average molecular weight is 348 g/mol. The molecular formula is C21H20N2O3. The third-order valence-corrected chi connectivity index (χ3v) is 3.83. The Morgan fingerprint density at radius 2 is 1.65 bits per heavy atom. The van der Waals surface area contributed by atoms with Gasteiger partial charge in [0, 0.05) is 23.6 Å². The van der Waals surface area contributed by atoms with Crippen molar-refractivity contribution in [3.8, 4) is 0 Å². The van der Waals surface area contributed by atoms with Gasteiger partial charge in [-0.1, -0.05) is 65.8 Å². The van der Waals surface area contributed by atoms with Crippen molar-refractivity contribution in [2.45, 2.75) is 19.4 Å². The number of rotatable bonds is 7. The molecule has 1 heterocycles. The molecule has 26 heavy (non-hydrogen) atoms. The van der Waals surface area contributed by atoms with Crippen molar-refractivity contribution in [2.75, 3.05) is 6.61 Å². The number of ether oxygens (including phenoxy) is 1. The van der Waals surface area contributed by atoms with Gasteiger partial charge >= 0.3 is 5.97 Å². The summed E-state index contributed by atoms with van der Waals surface area (Å²) in [6.07, 6.45) is 1.80. The number of esters is 1. The molecular weight excluding hydrogens is 328 g/mol. The molecule has 0 aliphatic rings. The van der Waals surface area contributed by atoms with Crippen LogP contribution in [-0.2, 0) is 16.0 Å². The molecule has 3 rings (SSSR count). The summed E-state index contributed by atoms with van der Waals surface area (Å²) in [6, 6.07) is 20.6. The fourth-order valence-corrected chi connectivity index (χ4v) is 2.62. The molecule has 0 aliphatic heterocycles. The predicted octanol–water partition coefficient (Wildman–Crippen LogP) is 3.69. The predicted molar refractivity (Wildman–Crippen MR) is 99.2 cm³/mol. The minimum absolute atomic E-state index is 0.301. The van der Waals surface area contributed by atoms with Gasteiger partial charge in [0.1, 0.15) is 6.26 Å². The van der Waals surface area contributed by atoms with E-state index >= 15 is 0 Å². The lowest BCUT2D eigenvalue weighted by atomic mass is 10.0. The summed E-state index contributed by atoms with van der Waals surface area (Å²) in [7, 11) is 0. The number of nitrogens with zero attached hydrogens (tertiary/aromatic N) is 2. The summed E-state index contributed by atoms with van der Waals surface area (Å²) in [5.41, 5.74) is 3.28. The maximum Gasteiger partial charge on any atom is 0.331 e. The number of hydrogen-bond acceptors (Lipinski definition) is 5. The van der Waals surface area contributed by atoms with Crippen molar-refractivity contribution in [1.82, 2.24) is 5.16 Å². The average Bonchev–Trinajstić information content (AvgIpc) is 3.20. The quantitative estimate of drug-likeness (QED) is 0.482. The molecule has 3 aromatic rings. The fourth-order valence-electron chi connectivity index (χ4n) is 2.62. The van der Waals surface area contributed by atoms with Crippen LogP contribution in [0.4, 0.5) is 0 Å². The largest absolute Gasteiger partial charge is 0.464 e. The van der Waals surface area contributed by atoms with Crippen LogP contribution >= 0.6 is 0 Å². The molecule has 2 aromatic carbocycles. The van der Waals surface area contributed by atoms with Crippen LogP contribution in [0.1, 0.15) is 23.7 Å². The highest BCUT2D eigenvalue weighted by molar-refractivity contribution is 6.13. The molecule has 0 N–H and O–H groups in total. The standard InChI is InChI=1S/C21H20N2O3/c1-2-25-21(24)19(15-18-13-14-26-23-18)22-20(16-9-5-3-6-10-16)17-11-7-4-8-12-17/h3-14,19H,2,15H2,1H3. The maximum absolute atomic E-state index is 12.5. The first-order valence-corrected chi connectivity index (χ1v) is 8.52. The number of carbonyl (C=O) groups excluding carboxylic acids is 1. The second-order valence-electron chi connectivity index (χ2n) is 5.67. The van der Waals surface area contributed by atoms with Gasteiger partial charge in [0.15, 0.2) is 6.04 Å². The van der Waals surface area contributed by atoms with Crippen molar-refractivity contribution in [3.63, 3.8) is 0 Å². The van der Waals surface area contributed by atoms with Crippen LogP contribution < -0.4 is 0 Å². The third kappa shape index (κ3) is 4.45. The Kier molecular flexibility index (Phi) is 5.93. The Hall–Kier alpha value is -3.21. The van der Waals surface area contributed by atoms with Crippen molar-refractivity contribution in [3.05, 3.63) is 89.8 Å². The first-order chi connectivity index (χ1) is 12.8. The monoisotopic (exact) mass is 348 g/mol. The van der Waals surface area contributed by atoms with E-state index in [0.29, 0.717) is 18.7 Å². The topological polar surface area (TPSA) is 64.7 Å². The molecule has 0 bridgehead atoms. The Bertz CT molecular complexity index is 802. The molecule has 0 fully saturated rings. The first kappa shape index (κ1) is 17.6. The maximum atomic E-state index is 12.5. The van der Waals surface area contributed by atoms with E-state index in [1.54, 1.807) is 13.0 Å². The van der Waals surface area contributed by atoms with Crippen LogP contribution in [0, 0.1) is 0 Å². The number of carbonyl (C=O) groups is 1. The normalized spacial score (nSPS) is 11.6. The lowest BCUT2D eigenvalue weighted by molar-refractivity contribution is -0.144. The molecule has 1 aromatic heterocycles. The van der Waals surface area contributed by atoms with Crippen molar-refractivity contribution in [2.24, 2.45) is 4.99 Å². The second-order valence-corrected chi connectivity index (χ2v) is 5.67. The Morgan fingerprint density at radius 3 is 2.15 bits per heavy atom. The first-order valence-electron chi connectivity index (χ1n) is 8.52. The highest BCUT2D eigenvalue weighted by Crippen LogP contribution is 2.15. The van der Waals surface area contributed by atoms with Crippen LogP contribution in [0.15, 0.2) is 82.5 Å². The molecule has 0 saturated heterocycles. The summed E-state index contributed by atoms with van der Waals surface area (Å²) in [5, 5.41) is 3.90. The number of hydrogen-bond donors (Lipinski definition) is 0. The molecule has 5 heteroatoms. The van der Waals surface area contributed by atoms with Gasteiger partial charge in [-0.15, -0.1) is 0 Å². The number of aromatic nitrogens is 1. The van der Waals surface area contributed by atoms with E-state index in [9.17, 15) is 4.79 Å². The Morgan fingerprint density at radius 1 is 1.04 bits per heavy atom. The van der Waals surface area contributed by atoms with Crippen molar-refractivity contribution >= 4 is 11.7 Å². The van der Waals surface area contributed by atoms with Gasteiger partial charge < -0.3 is 9.26 Å². The van der Waals surface area contributed by atoms with Crippen molar-refractivity contribution < 1.29 is 14.1 Å². The van der Waals surface area contributed by atoms with E-state index in [4.69, 9.17) is 14.3 Å². The number of benzene rings is 2. The van der Waals surface area contributed by atoms with E-state index < -0.39 is 6.04 Å². The van der Waals surface area contributed by atoms with Gasteiger partial charge in [-0.25, -0.2) is 4.79 Å². The van der Waals surface area contributed by atoms with E-state index in [0.717, 1.165) is 16.8 Å². The smallest absolute Gasteiger partial charge is 0.331 e. The zero-order valence-corrected chi connectivity index (χ0v) is 14.5. The summed E-state index contributed by atoms with van der Waals surface area (Å²) < 4.78 is 10.1. The Balaban J connectivity index is 2.02. The summed E-state index contributed by atoms with van der Waals surface area (Å²) >= 11 is 0. The number of aliphatic imine (C=N–C) groups is 1. The van der Waals surface area contributed by atoms with Crippen LogP contribution in [0.5, 0.6) is 0 Å². The molecule has 132 valence electrons. The van der Waals surface area contributed by atoms with Crippen LogP contribution in [0.2, 0.25) is 0 Å². The Labute approximate surface area is 152 Å². The molecule has 0 aliphatic carbocycles. The third-order valence-electron chi connectivity index (χ3n) is 3.83. The molecule has 0 spiro atoms.